The first-order chi connectivity index (χ1) is 8.92. The van der Waals surface area contributed by atoms with Crippen molar-refractivity contribution in [2.24, 2.45) is 0 Å². The Morgan fingerprint density at radius 2 is 2.00 bits per heavy atom. The van der Waals surface area contributed by atoms with E-state index in [0.717, 1.165) is 24.6 Å². The molecule has 0 radical (unpaired) electrons. The van der Waals surface area contributed by atoms with Crippen molar-refractivity contribution in [3.63, 3.8) is 0 Å². The van der Waals surface area contributed by atoms with Crippen LogP contribution in [0, 0.1) is 0 Å². The van der Waals surface area contributed by atoms with Gasteiger partial charge in [0, 0.05) is 11.4 Å². The van der Waals surface area contributed by atoms with Crippen LogP contribution in [0.4, 0.5) is 0 Å². The van der Waals surface area contributed by atoms with Crippen LogP contribution in [0.1, 0.15) is 12.8 Å². The zero-order valence-corrected chi connectivity index (χ0v) is 11.1. The van der Waals surface area contributed by atoms with E-state index in [2.05, 4.69) is 41.7 Å². The molecule has 1 aromatic carbocycles. The molecule has 18 heavy (non-hydrogen) atoms. The van der Waals surface area contributed by atoms with Crippen LogP contribution in [-0.2, 0) is 0 Å². The van der Waals surface area contributed by atoms with Crippen molar-refractivity contribution in [2.45, 2.75) is 18.9 Å². The quantitative estimate of drug-likeness (QED) is 0.910. The lowest BCUT2D eigenvalue weighted by molar-refractivity contribution is 0.172. The molecule has 0 saturated carbocycles. The Balaban J connectivity index is 1.69. The molecule has 1 saturated heterocycles. The molecule has 2 nitrogen and oxygen atoms in total. The van der Waals surface area contributed by atoms with E-state index in [1.807, 2.05) is 6.07 Å². The highest BCUT2D eigenvalue weighted by molar-refractivity contribution is 7.17. The van der Waals surface area contributed by atoms with Gasteiger partial charge >= 0.3 is 0 Å². The molecule has 3 heteroatoms. The van der Waals surface area contributed by atoms with E-state index in [1.54, 1.807) is 11.3 Å². The SMILES string of the molecule is c1ccc(-c2ccc(OC3CCCNC3)s2)cc1. The lowest BCUT2D eigenvalue weighted by atomic mass is 10.1. The van der Waals surface area contributed by atoms with Crippen LogP contribution >= 0.6 is 11.3 Å². The summed E-state index contributed by atoms with van der Waals surface area (Å²) in [6, 6.07) is 14.7. The molecule has 1 unspecified atom stereocenters. The van der Waals surface area contributed by atoms with Crippen molar-refractivity contribution >= 4 is 11.3 Å². The van der Waals surface area contributed by atoms with Crippen molar-refractivity contribution in [3.8, 4) is 15.5 Å². The first-order valence-corrected chi connectivity index (χ1v) is 7.26. The monoisotopic (exact) mass is 259 g/mol. The first kappa shape index (κ1) is 11.8. The van der Waals surface area contributed by atoms with Crippen LogP contribution < -0.4 is 10.1 Å². The van der Waals surface area contributed by atoms with Gasteiger partial charge in [0.05, 0.1) is 0 Å². The zero-order chi connectivity index (χ0) is 12.2. The molecule has 3 rings (SSSR count). The van der Waals surface area contributed by atoms with Crippen LogP contribution in [0.5, 0.6) is 5.06 Å². The Hall–Kier alpha value is -1.32. The Labute approximate surface area is 112 Å². The van der Waals surface area contributed by atoms with Gasteiger partial charge in [-0.1, -0.05) is 41.7 Å². The third-order valence-electron chi connectivity index (χ3n) is 3.17. The van der Waals surface area contributed by atoms with E-state index >= 15 is 0 Å². The van der Waals surface area contributed by atoms with E-state index in [4.69, 9.17) is 4.74 Å². The molecule has 1 aliphatic rings. The summed E-state index contributed by atoms with van der Waals surface area (Å²) in [4.78, 5) is 1.27. The number of nitrogens with one attached hydrogen (secondary N) is 1. The summed E-state index contributed by atoms with van der Waals surface area (Å²) < 4.78 is 6.01. The molecule has 0 amide bonds. The molecule has 0 aliphatic carbocycles. The molecule has 1 fully saturated rings. The second kappa shape index (κ2) is 5.55. The summed E-state index contributed by atoms with van der Waals surface area (Å²) in [5, 5.41) is 4.40. The molecule has 0 spiro atoms. The van der Waals surface area contributed by atoms with Crippen LogP contribution in [0.15, 0.2) is 42.5 Å². The van der Waals surface area contributed by atoms with Gasteiger partial charge in [-0.05, 0) is 37.1 Å². The van der Waals surface area contributed by atoms with Gasteiger partial charge in [-0.25, -0.2) is 0 Å². The molecule has 1 atom stereocenters. The molecule has 1 N–H and O–H groups in total. The molecule has 1 aromatic heterocycles. The van der Waals surface area contributed by atoms with Crippen molar-refractivity contribution in [2.75, 3.05) is 13.1 Å². The minimum absolute atomic E-state index is 0.334. The third kappa shape index (κ3) is 2.74. The average molecular weight is 259 g/mol. The maximum atomic E-state index is 6.01. The lowest BCUT2D eigenvalue weighted by Crippen LogP contribution is -2.36. The molecular formula is C15H17NOS. The highest BCUT2D eigenvalue weighted by Crippen LogP contribution is 2.33. The van der Waals surface area contributed by atoms with E-state index in [0.29, 0.717) is 6.10 Å². The summed E-state index contributed by atoms with van der Waals surface area (Å²) in [5.74, 6) is 0. The smallest absolute Gasteiger partial charge is 0.174 e. The Kier molecular flexibility index (Phi) is 3.62. The first-order valence-electron chi connectivity index (χ1n) is 6.44. The number of ether oxygens (including phenoxy) is 1. The molecule has 1 aliphatic heterocycles. The van der Waals surface area contributed by atoms with Gasteiger partial charge in [0.15, 0.2) is 5.06 Å². The second-order valence-electron chi connectivity index (χ2n) is 4.57. The third-order valence-corrected chi connectivity index (χ3v) is 4.20. The van der Waals surface area contributed by atoms with E-state index in [1.165, 1.54) is 16.9 Å². The summed E-state index contributed by atoms with van der Waals surface area (Å²) in [6.07, 6.45) is 2.70. The minimum Gasteiger partial charge on any atom is -0.480 e. The van der Waals surface area contributed by atoms with Gasteiger partial charge in [0.1, 0.15) is 6.10 Å². The Morgan fingerprint density at radius 3 is 2.78 bits per heavy atom. The summed E-state index contributed by atoms with van der Waals surface area (Å²) in [6.45, 7) is 2.10. The normalized spacial score (nSPS) is 19.7. The van der Waals surface area contributed by atoms with Gasteiger partial charge in [-0.3, -0.25) is 0 Å². The Bertz CT molecular complexity index is 488. The maximum absolute atomic E-state index is 6.01. The predicted molar refractivity (Wildman–Crippen MR) is 76.3 cm³/mol. The van der Waals surface area contributed by atoms with E-state index in [-0.39, 0.29) is 0 Å². The molecular weight excluding hydrogens is 242 g/mol. The summed E-state index contributed by atoms with van der Waals surface area (Å²) in [5.41, 5.74) is 1.26. The van der Waals surface area contributed by atoms with E-state index in [9.17, 15) is 0 Å². The largest absolute Gasteiger partial charge is 0.480 e. The number of benzene rings is 1. The standard InChI is InChI=1S/C15H17NOS/c1-2-5-12(6-3-1)14-8-9-15(18-14)17-13-7-4-10-16-11-13/h1-3,5-6,8-9,13,16H,4,7,10-11H2. The molecule has 2 heterocycles. The lowest BCUT2D eigenvalue weighted by Gasteiger charge is -2.22. The summed E-state index contributed by atoms with van der Waals surface area (Å²) >= 11 is 1.73. The van der Waals surface area contributed by atoms with E-state index < -0.39 is 0 Å². The van der Waals surface area contributed by atoms with Crippen molar-refractivity contribution < 1.29 is 4.74 Å². The highest BCUT2D eigenvalue weighted by atomic mass is 32.1. The van der Waals surface area contributed by atoms with Crippen LogP contribution in [0.2, 0.25) is 0 Å². The number of hydrogen-bond donors (Lipinski definition) is 1. The van der Waals surface area contributed by atoms with Gasteiger partial charge in [0.2, 0.25) is 0 Å². The number of thiophene rings is 1. The number of hydrogen-bond acceptors (Lipinski definition) is 3. The predicted octanol–water partition coefficient (Wildman–Crippen LogP) is 3.55. The van der Waals surface area contributed by atoms with Crippen LogP contribution in [0.3, 0.4) is 0 Å². The van der Waals surface area contributed by atoms with Crippen LogP contribution in [0.25, 0.3) is 10.4 Å². The molecule has 94 valence electrons. The minimum atomic E-state index is 0.334. The van der Waals surface area contributed by atoms with Gasteiger partial charge in [-0.2, -0.15) is 0 Å². The zero-order valence-electron chi connectivity index (χ0n) is 10.3. The fourth-order valence-corrected chi connectivity index (χ4v) is 3.15. The van der Waals surface area contributed by atoms with Gasteiger partial charge in [-0.15, -0.1) is 0 Å². The second-order valence-corrected chi connectivity index (χ2v) is 5.62. The summed E-state index contributed by atoms with van der Waals surface area (Å²) in [7, 11) is 0. The maximum Gasteiger partial charge on any atom is 0.174 e. The van der Waals surface area contributed by atoms with Crippen molar-refractivity contribution in [1.82, 2.24) is 5.32 Å². The number of rotatable bonds is 3. The van der Waals surface area contributed by atoms with Crippen molar-refractivity contribution in [3.05, 3.63) is 42.5 Å². The topological polar surface area (TPSA) is 21.3 Å². The van der Waals surface area contributed by atoms with Gasteiger partial charge < -0.3 is 10.1 Å². The van der Waals surface area contributed by atoms with Crippen LogP contribution in [-0.4, -0.2) is 19.2 Å². The fourth-order valence-electron chi connectivity index (χ4n) is 2.23. The average Bonchev–Trinajstić information content (AvgIpc) is 2.89. The highest BCUT2D eigenvalue weighted by Gasteiger charge is 2.15. The number of piperidine rings is 1. The molecule has 2 aromatic rings. The van der Waals surface area contributed by atoms with Gasteiger partial charge in [0.25, 0.3) is 0 Å². The van der Waals surface area contributed by atoms with Crippen molar-refractivity contribution in [1.29, 1.82) is 0 Å². The fraction of sp³-hybridized carbons (Fsp3) is 0.333. The molecule has 0 bridgehead atoms. The Morgan fingerprint density at radius 1 is 1.11 bits per heavy atom.